The molecule has 2 aliphatic rings. The van der Waals surface area contributed by atoms with Crippen LogP contribution in [0.1, 0.15) is 44.5 Å². The third-order valence-corrected chi connectivity index (χ3v) is 7.90. The van der Waals surface area contributed by atoms with Gasteiger partial charge in [0, 0.05) is 44.8 Å². The van der Waals surface area contributed by atoms with Gasteiger partial charge in [-0.15, -0.1) is 0 Å². The van der Waals surface area contributed by atoms with E-state index in [1.807, 2.05) is 13.8 Å². The van der Waals surface area contributed by atoms with Crippen LogP contribution in [0.5, 0.6) is 11.5 Å². The highest BCUT2D eigenvalue weighted by Gasteiger charge is 2.37. The van der Waals surface area contributed by atoms with E-state index < -0.39 is 10.2 Å². The number of amides is 1. The molecule has 2 atom stereocenters. The summed E-state index contributed by atoms with van der Waals surface area (Å²) < 4.78 is 46.0. The maximum Gasteiger partial charge on any atom is 0.282 e. The Balaban J connectivity index is 1.60. The molecule has 0 N–H and O–H groups in total. The van der Waals surface area contributed by atoms with Crippen molar-refractivity contribution in [1.29, 1.82) is 0 Å². The number of hydrogen-bond acceptors (Lipinski definition) is 6. The van der Waals surface area contributed by atoms with Crippen molar-refractivity contribution in [2.24, 2.45) is 5.92 Å². The highest BCUT2D eigenvalue weighted by atomic mass is 32.2. The van der Waals surface area contributed by atoms with E-state index in [2.05, 4.69) is 13.8 Å². The van der Waals surface area contributed by atoms with Crippen LogP contribution in [0.4, 0.5) is 0 Å². The zero-order valence-electron chi connectivity index (χ0n) is 20.3. The summed E-state index contributed by atoms with van der Waals surface area (Å²) in [6.45, 7) is 10.5. The van der Waals surface area contributed by atoms with Crippen molar-refractivity contribution in [3.63, 3.8) is 0 Å². The van der Waals surface area contributed by atoms with Gasteiger partial charge in [-0.3, -0.25) is 4.79 Å². The van der Waals surface area contributed by atoms with Gasteiger partial charge in [0.05, 0.1) is 25.9 Å². The molecule has 2 fully saturated rings. The minimum absolute atomic E-state index is 0.140. The van der Waals surface area contributed by atoms with Gasteiger partial charge in [0.25, 0.3) is 16.1 Å². The van der Waals surface area contributed by atoms with Crippen LogP contribution in [0, 0.1) is 5.92 Å². The molecule has 0 saturated carbocycles. The molecule has 0 spiro atoms. The molecule has 186 valence electrons. The summed E-state index contributed by atoms with van der Waals surface area (Å²) in [7, 11) is -2.03. The molecule has 2 aliphatic heterocycles. The fourth-order valence-electron chi connectivity index (χ4n) is 4.11. The van der Waals surface area contributed by atoms with Crippen molar-refractivity contribution in [3.8, 4) is 11.5 Å². The summed E-state index contributed by atoms with van der Waals surface area (Å²) in [5.74, 6) is 1.52. The molecular formula is C23H37N3O6S. The molecule has 2 heterocycles. The van der Waals surface area contributed by atoms with Gasteiger partial charge in [-0.2, -0.15) is 17.0 Å². The van der Waals surface area contributed by atoms with Crippen LogP contribution in [-0.2, 0) is 14.9 Å². The Bertz CT molecular complexity index is 905. The number of benzene rings is 1. The van der Waals surface area contributed by atoms with E-state index in [0.717, 1.165) is 6.42 Å². The normalized spacial score (nSPS) is 23.0. The molecule has 1 aromatic carbocycles. The minimum atomic E-state index is -3.58. The van der Waals surface area contributed by atoms with Crippen molar-refractivity contribution < 1.29 is 27.4 Å². The predicted octanol–water partition coefficient (Wildman–Crippen LogP) is 2.23. The molecule has 33 heavy (non-hydrogen) atoms. The number of rotatable bonds is 8. The Labute approximate surface area is 197 Å². The third kappa shape index (κ3) is 6.38. The molecule has 1 aromatic rings. The van der Waals surface area contributed by atoms with Gasteiger partial charge in [0.15, 0.2) is 11.5 Å². The molecule has 0 aromatic heterocycles. The van der Waals surface area contributed by atoms with Gasteiger partial charge in [-0.1, -0.05) is 13.8 Å². The van der Waals surface area contributed by atoms with Gasteiger partial charge in [0.2, 0.25) is 0 Å². The summed E-state index contributed by atoms with van der Waals surface area (Å²) in [6, 6.07) is 5.18. The maximum atomic E-state index is 13.1. The van der Waals surface area contributed by atoms with Crippen molar-refractivity contribution in [2.45, 2.75) is 46.3 Å². The van der Waals surface area contributed by atoms with Crippen LogP contribution in [0.25, 0.3) is 0 Å². The number of carbonyl (C=O) groups excluding carboxylic acids is 1. The van der Waals surface area contributed by atoms with Crippen LogP contribution in [0.2, 0.25) is 0 Å². The number of hydrogen-bond donors (Lipinski definition) is 0. The highest BCUT2D eigenvalue weighted by Crippen LogP contribution is 2.29. The van der Waals surface area contributed by atoms with Crippen LogP contribution in [0.3, 0.4) is 0 Å². The summed E-state index contributed by atoms with van der Waals surface area (Å²) in [6.07, 6.45) is 0.650. The Morgan fingerprint density at radius 2 is 1.70 bits per heavy atom. The first-order valence-corrected chi connectivity index (χ1v) is 13.0. The molecule has 3 rings (SSSR count). The van der Waals surface area contributed by atoms with Crippen LogP contribution < -0.4 is 9.47 Å². The number of nitrogens with zero attached hydrogens (tertiary/aromatic N) is 3. The average molecular weight is 484 g/mol. The summed E-state index contributed by atoms with van der Waals surface area (Å²) in [4.78, 5) is 14.7. The summed E-state index contributed by atoms with van der Waals surface area (Å²) >= 11 is 0. The fraction of sp³-hybridized carbons (Fsp3) is 0.696. The third-order valence-electron chi connectivity index (χ3n) is 5.93. The van der Waals surface area contributed by atoms with Crippen LogP contribution in [0.15, 0.2) is 18.2 Å². The lowest BCUT2D eigenvalue weighted by Crippen LogP contribution is -2.57. The van der Waals surface area contributed by atoms with Gasteiger partial charge in [-0.05, 0) is 44.4 Å². The Morgan fingerprint density at radius 3 is 2.27 bits per heavy atom. The summed E-state index contributed by atoms with van der Waals surface area (Å²) in [5.41, 5.74) is 0.496. The van der Waals surface area contributed by atoms with E-state index in [4.69, 9.17) is 14.2 Å². The largest absolute Gasteiger partial charge is 0.493 e. The van der Waals surface area contributed by atoms with E-state index >= 15 is 0 Å². The van der Waals surface area contributed by atoms with E-state index in [-0.39, 0.29) is 31.2 Å². The van der Waals surface area contributed by atoms with Gasteiger partial charge in [-0.25, -0.2) is 0 Å². The lowest BCUT2D eigenvalue weighted by Gasteiger charge is -2.40. The molecule has 9 nitrogen and oxygen atoms in total. The first-order valence-electron chi connectivity index (χ1n) is 11.6. The fourth-order valence-corrected chi connectivity index (χ4v) is 5.86. The van der Waals surface area contributed by atoms with E-state index in [0.29, 0.717) is 55.8 Å². The first kappa shape index (κ1) is 25.7. The zero-order chi connectivity index (χ0) is 24.2. The average Bonchev–Trinajstić information content (AvgIpc) is 2.78. The Kier molecular flexibility index (Phi) is 8.60. The summed E-state index contributed by atoms with van der Waals surface area (Å²) in [5, 5.41) is 0. The maximum absolute atomic E-state index is 13.1. The lowest BCUT2D eigenvalue weighted by atomic mass is 10.1. The molecule has 2 unspecified atom stereocenters. The van der Waals surface area contributed by atoms with E-state index in [1.165, 1.54) is 8.61 Å². The van der Waals surface area contributed by atoms with Crippen LogP contribution in [-0.4, -0.2) is 93.0 Å². The lowest BCUT2D eigenvalue weighted by molar-refractivity contribution is -0.0457. The Hall–Kier alpha value is -1.88. The molecule has 2 saturated heterocycles. The van der Waals surface area contributed by atoms with Crippen LogP contribution >= 0.6 is 0 Å². The van der Waals surface area contributed by atoms with Gasteiger partial charge in [0.1, 0.15) is 0 Å². The van der Waals surface area contributed by atoms with E-state index in [9.17, 15) is 13.2 Å². The van der Waals surface area contributed by atoms with Crippen molar-refractivity contribution >= 4 is 16.1 Å². The van der Waals surface area contributed by atoms with Gasteiger partial charge >= 0.3 is 0 Å². The second kappa shape index (κ2) is 11.0. The molecule has 0 bridgehead atoms. The number of piperazine rings is 1. The van der Waals surface area contributed by atoms with Crippen molar-refractivity contribution in [3.05, 3.63) is 23.8 Å². The van der Waals surface area contributed by atoms with Crippen molar-refractivity contribution in [1.82, 2.24) is 13.5 Å². The second-order valence-corrected chi connectivity index (χ2v) is 11.1. The molecule has 1 amide bonds. The first-order chi connectivity index (χ1) is 15.6. The second-order valence-electron chi connectivity index (χ2n) is 9.17. The standard InChI is InChI=1S/C23H37N3O6S/c1-17(2)8-13-31-21-7-6-20(14-22(21)30-5)23(27)24-9-11-25(12-10-24)33(28,29)26-15-18(3)32-19(4)16-26/h6-7,14,17-19H,8-13,15-16H2,1-5H3. The predicted molar refractivity (Wildman–Crippen MR) is 126 cm³/mol. The molecule has 0 radical (unpaired) electrons. The van der Waals surface area contributed by atoms with Gasteiger partial charge < -0.3 is 19.1 Å². The number of ether oxygens (including phenoxy) is 3. The van der Waals surface area contributed by atoms with E-state index in [1.54, 1.807) is 30.2 Å². The number of morpholine rings is 1. The Morgan fingerprint density at radius 1 is 1.06 bits per heavy atom. The number of methoxy groups -OCH3 is 1. The topological polar surface area (TPSA) is 88.6 Å². The molecular weight excluding hydrogens is 446 g/mol. The zero-order valence-corrected chi connectivity index (χ0v) is 21.1. The highest BCUT2D eigenvalue weighted by molar-refractivity contribution is 7.86. The number of carbonyl (C=O) groups is 1. The monoisotopic (exact) mass is 483 g/mol. The van der Waals surface area contributed by atoms with Crippen molar-refractivity contribution in [2.75, 3.05) is 53.0 Å². The quantitative estimate of drug-likeness (QED) is 0.564. The smallest absolute Gasteiger partial charge is 0.282 e. The minimum Gasteiger partial charge on any atom is -0.493 e. The molecule has 10 heteroatoms. The SMILES string of the molecule is COc1cc(C(=O)N2CCN(S(=O)(=O)N3CC(C)OC(C)C3)CC2)ccc1OCCC(C)C. The molecule has 0 aliphatic carbocycles.